The van der Waals surface area contributed by atoms with Crippen LogP contribution in [-0.2, 0) is 42.9 Å². The maximum Gasteiger partial charge on any atom is 0.335 e. The second-order valence-electron chi connectivity index (χ2n) is 20.6. The van der Waals surface area contributed by atoms with Gasteiger partial charge in [0.2, 0.25) is 0 Å². The Balaban J connectivity index is 2.65. The number of carbonyl (C=O) groups is 4. The number of allylic oxidation sites excluding steroid dienone is 6. The van der Waals surface area contributed by atoms with Crippen molar-refractivity contribution in [3.05, 3.63) is 36.5 Å². The second kappa shape index (κ2) is 49.8. The van der Waals surface area contributed by atoms with Gasteiger partial charge in [-0.1, -0.05) is 231 Å². The SMILES string of the molecule is CCC/C=C\C/C=C\CCCCCCCC(=O)OC(COC(=O)CCCCCCCCCCCCCCCCCCCCC)COC1OC(C(=O)O)C(O)C(O)C1OC(=O)CCCCCCC/C=C\CCCC. The van der Waals surface area contributed by atoms with Crippen molar-refractivity contribution in [2.45, 2.75) is 314 Å². The van der Waals surface area contributed by atoms with Crippen molar-refractivity contribution in [1.29, 1.82) is 0 Å². The number of carboxylic acids is 1. The number of unbranched alkanes of at least 4 members (excludes halogenated alkanes) is 31. The van der Waals surface area contributed by atoms with Crippen LogP contribution in [0.3, 0.4) is 0 Å². The molecule has 424 valence electrons. The largest absolute Gasteiger partial charge is 0.479 e. The number of rotatable bonds is 51. The highest BCUT2D eigenvalue weighted by Crippen LogP contribution is 2.26. The molecule has 1 rings (SSSR count). The lowest BCUT2D eigenvalue weighted by atomic mass is 9.98. The van der Waals surface area contributed by atoms with Gasteiger partial charge in [-0.05, 0) is 64.2 Å². The predicted octanol–water partition coefficient (Wildman–Crippen LogP) is 15.2. The summed E-state index contributed by atoms with van der Waals surface area (Å²) >= 11 is 0. The number of hydrogen-bond donors (Lipinski definition) is 3. The number of hydrogen-bond acceptors (Lipinski definition) is 11. The minimum atomic E-state index is -1.90. The van der Waals surface area contributed by atoms with Crippen molar-refractivity contribution in [1.82, 2.24) is 0 Å². The van der Waals surface area contributed by atoms with E-state index in [9.17, 15) is 34.5 Å². The fourth-order valence-corrected chi connectivity index (χ4v) is 9.03. The summed E-state index contributed by atoms with van der Waals surface area (Å²) in [6.07, 6.45) is 45.6. The molecule has 3 N–H and O–H groups in total. The Bertz CT molecular complexity index is 1410. The van der Waals surface area contributed by atoms with E-state index >= 15 is 0 Å². The first-order valence-electron chi connectivity index (χ1n) is 30.0. The van der Waals surface area contributed by atoms with E-state index in [1.165, 1.54) is 109 Å². The molecule has 1 saturated heterocycles. The Morgan fingerprint density at radius 1 is 0.452 bits per heavy atom. The smallest absolute Gasteiger partial charge is 0.335 e. The van der Waals surface area contributed by atoms with Crippen LogP contribution in [0.1, 0.15) is 278 Å². The van der Waals surface area contributed by atoms with E-state index in [0.29, 0.717) is 19.3 Å². The van der Waals surface area contributed by atoms with E-state index in [1.54, 1.807) is 0 Å². The fourth-order valence-electron chi connectivity index (χ4n) is 9.03. The van der Waals surface area contributed by atoms with Crippen molar-refractivity contribution < 1.29 is 58.2 Å². The van der Waals surface area contributed by atoms with Crippen molar-refractivity contribution in [2.24, 2.45) is 0 Å². The molecule has 0 saturated carbocycles. The molecule has 73 heavy (non-hydrogen) atoms. The van der Waals surface area contributed by atoms with Crippen LogP contribution in [0, 0.1) is 0 Å². The zero-order valence-corrected chi connectivity index (χ0v) is 46.6. The maximum absolute atomic E-state index is 13.1. The molecule has 0 aromatic carbocycles. The Kier molecular flexibility index (Phi) is 46.4. The normalized spacial score (nSPS) is 18.5. The van der Waals surface area contributed by atoms with E-state index < -0.39 is 67.3 Å². The summed E-state index contributed by atoms with van der Waals surface area (Å²) in [7, 11) is 0. The van der Waals surface area contributed by atoms with Gasteiger partial charge in [-0.15, -0.1) is 0 Å². The van der Waals surface area contributed by atoms with Crippen LogP contribution in [0.5, 0.6) is 0 Å². The molecule has 0 radical (unpaired) electrons. The minimum Gasteiger partial charge on any atom is -0.479 e. The molecular weight excluding hydrogens is 925 g/mol. The molecule has 1 aliphatic heterocycles. The number of carbonyl (C=O) groups excluding carboxylic acids is 3. The van der Waals surface area contributed by atoms with Crippen molar-refractivity contribution in [3.8, 4) is 0 Å². The monoisotopic (exact) mass is 1030 g/mol. The number of aliphatic carboxylic acids is 1. The quantitative estimate of drug-likeness (QED) is 0.0228. The third-order valence-electron chi connectivity index (χ3n) is 13.7. The minimum absolute atomic E-state index is 0.0507. The molecule has 0 spiro atoms. The van der Waals surface area contributed by atoms with Gasteiger partial charge in [0, 0.05) is 19.3 Å². The Labute approximate surface area is 444 Å². The van der Waals surface area contributed by atoms with Crippen LogP contribution in [0.15, 0.2) is 36.5 Å². The average Bonchev–Trinajstić information content (AvgIpc) is 3.37. The average molecular weight is 1030 g/mol. The predicted molar refractivity (Wildman–Crippen MR) is 294 cm³/mol. The highest BCUT2D eigenvalue weighted by Gasteiger charge is 2.50. The molecule has 0 aromatic rings. The Morgan fingerprint density at radius 2 is 0.863 bits per heavy atom. The second-order valence-corrected chi connectivity index (χ2v) is 20.6. The third-order valence-corrected chi connectivity index (χ3v) is 13.7. The zero-order valence-electron chi connectivity index (χ0n) is 46.6. The summed E-state index contributed by atoms with van der Waals surface area (Å²) in [6.45, 7) is 5.89. The van der Waals surface area contributed by atoms with Crippen LogP contribution in [0.25, 0.3) is 0 Å². The Morgan fingerprint density at radius 3 is 1.34 bits per heavy atom. The highest BCUT2D eigenvalue weighted by molar-refractivity contribution is 5.74. The summed E-state index contributed by atoms with van der Waals surface area (Å²) in [6, 6.07) is 0. The van der Waals surface area contributed by atoms with E-state index in [2.05, 4.69) is 57.2 Å². The van der Waals surface area contributed by atoms with Crippen LogP contribution < -0.4 is 0 Å². The molecule has 0 amide bonds. The Hall–Kier alpha value is -3.06. The van der Waals surface area contributed by atoms with Crippen molar-refractivity contribution >= 4 is 23.9 Å². The van der Waals surface area contributed by atoms with E-state index in [0.717, 1.165) is 109 Å². The first kappa shape index (κ1) is 68.0. The summed E-state index contributed by atoms with van der Waals surface area (Å²) in [4.78, 5) is 51.0. The van der Waals surface area contributed by atoms with Crippen molar-refractivity contribution in [2.75, 3.05) is 13.2 Å². The van der Waals surface area contributed by atoms with Gasteiger partial charge >= 0.3 is 23.9 Å². The van der Waals surface area contributed by atoms with E-state index in [-0.39, 0.29) is 25.9 Å². The molecular formula is C61H108O12. The first-order chi connectivity index (χ1) is 35.6. The number of aliphatic hydroxyl groups is 2. The summed E-state index contributed by atoms with van der Waals surface area (Å²) in [5, 5.41) is 31.4. The van der Waals surface area contributed by atoms with Crippen molar-refractivity contribution in [3.63, 3.8) is 0 Å². The molecule has 1 aliphatic rings. The number of aliphatic hydroxyl groups excluding tert-OH is 2. The lowest BCUT2D eigenvalue weighted by molar-refractivity contribution is -0.301. The van der Waals surface area contributed by atoms with Crippen LogP contribution in [0.2, 0.25) is 0 Å². The summed E-state index contributed by atoms with van der Waals surface area (Å²) < 4.78 is 28.4. The van der Waals surface area contributed by atoms with Gasteiger partial charge in [-0.25, -0.2) is 4.79 Å². The first-order valence-corrected chi connectivity index (χ1v) is 30.0. The van der Waals surface area contributed by atoms with Gasteiger partial charge in [-0.3, -0.25) is 14.4 Å². The lowest BCUT2D eigenvalue weighted by Crippen LogP contribution is -2.61. The molecule has 0 aliphatic carbocycles. The summed E-state index contributed by atoms with van der Waals surface area (Å²) in [5.41, 5.74) is 0. The molecule has 6 atom stereocenters. The number of ether oxygens (including phenoxy) is 5. The molecule has 1 heterocycles. The lowest BCUT2D eigenvalue weighted by Gasteiger charge is -2.40. The van der Waals surface area contributed by atoms with E-state index in [1.807, 2.05) is 0 Å². The molecule has 12 nitrogen and oxygen atoms in total. The zero-order chi connectivity index (χ0) is 53.3. The molecule has 1 fully saturated rings. The fraction of sp³-hybridized carbons (Fsp3) is 0.836. The third kappa shape index (κ3) is 39.9. The molecule has 6 unspecified atom stereocenters. The van der Waals surface area contributed by atoms with Crippen LogP contribution in [-0.4, -0.2) is 89.2 Å². The van der Waals surface area contributed by atoms with Gasteiger partial charge in [-0.2, -0.15) is 0 Å². The topological polar surface area (TPSA) is 175 Å². The van der Waals surface area contributed by atoms with Gasteiger partial charge in [0.1, 0.15) is 18.8 Å². The van der Waals surface area contributed by atoms with Gasteiger partial charge in [0.15, 0.2) is 24.6 Å². The number of esters is 3. The maximum atomic E-state index is 13.1. The van der Waals surface area contributed by atoms with E-state index in [4.69, 9.17) is 23.7 Å². The van der Waals surface area contributed by atoms with Gasteiger partial charge < -0.3 is 39.0 Å². The summed E-state index contributed by atoms with van der Waals surface area (Å²) in [5.74, 6) is -3.13. The standard InChI is InChI=1S/C61H108O12/c1-4-7-10-13-16-19-22-24-25-26-27-28-29-31-33-35-38-41-44-47-53(62)69-50-52(71-54(63)48-45-42-39-37-34-30-23-20-17-14-11-8-5-2)51-70-61-59(57(66)56(65)58(73-61)60(67)68)72-55(64)49-46-43-40-36-32-21-18-15-12-9-6-3/h11,14-15,18,20,23,52,56-59,61,65-66H,4-10,12-13,16-17,19,21-22,24-51H2,1-3H3,(H,67,68)/b14-11-,18-15-,23-20-. The van der Waals surface area contributed by atoms with Crippen LogP contribution >= 0.6 is 0 Å². The molecule has 12 heteroatoms. The molecule has 0 aromatic heterocycles. The van der Waals surface area contributed by atoms with Gasteiger partial charge in [0.05, 0.1) is 6.61 Å². The molecule has 0 bridgehead atoms. The number of carboxylic acid groups (broad SMARTS) is 1. The highest BCUT2D eigenvalue weighted by atomic mass is 16.7. The van der Waals surface area contributed by atoms with Gasteiger partial charge in [0.25, 0.3) is 0 Å². The van der Waals surface area contributed by atoms with Crippen LogP contribution in [0.4, 0.5) is 0 Å².